The van der Waals surface area contributed by atoms with Crippen LogP contribution in [0.1, 0.15) is 17.5 Å². The van der Waals surface area contributed by atoms with Gasteiger partial charge in [0.2, 0.25) is 0 Å². The third-order valence-corrected chi connectivity index (χ3v) is 3.78. The van der Waals surface area contributed by atoms with Crippen molar-refractivity contribution in [2.24, 2.45) is 5.92 Å². The fourth-order valence-corrected chi connectivity index (χ4v) is 2.21. The Labute approximate surface area is 149 Å². The van der Waals surface area contributed by atoms with E-state index in [2.05, 4.69) is 18.4 Å². The number of hydrogen-bond acceptors (Lipinski definition) is 2. The molecule has 0 saturated heterocycles. The summed E-state index contributed by atoms with van der Waals surface area (Å²) in [7, 11) is 1.66. The first-order valence-electron chi connectivity index (χ1n) is 7.81. The van der Waals surface area contributed by atoms with Gasteiger partial charge in [-0.25, -0.2) is 0 Å². The fourth-order valence-electron chi connectivity index (χ4n) is 2.08. The number of allylic oxidation sites excluding steroid dienone is 1. The lowest BCUT2D eigenvalue weighted by molar-refractivity contribution is 0.115. The lowest BCUT2D eigenvalue weighted by atomic mass is 10.1. The smallest absolute Gasteiger partial charge is 0.118 e. The van der Waals surface area contributed by atoms with Crippen LogP contribution in [0, 0.1) is 17.8 Å². The molecule has 3 heteroatoms. The molecule has 24 heavy (non-hydrogen) atoms. The molecule has 0 aliphatic rings. The zero-order valence-corrected chi connectivity index (χ0v) is 14.6. The topological polar surface area (TPSA) is 18.5 Å². The second-order valence-electron chi connectivity index (χ2n) is 5.31. The van der Waals surface area contributed by atoms with Gasteiger partial charge in [0.15, 0.2) is 0 Å². The highest BCUT2D eigenvalue weighted by Gasteiger charge is 2.01. The maximum absolute atomic E-state index is 5.87. The molecular formula is C21H21ClO2. The minimum atomic E-state index is 0.108. The van der Waals surface area contributed by atoms with E-state index in [9.17, 15) is 0 Å². The van der Waals surface area contributed by atoms with E-state index in [4.69, 9.17) is 21.1 Å². The SMILES string of the molecule is C=C[C@H](C#Cc1ccc(Cl)cc1)CCOCc1ccc(OC)cc1. The van der Waals surface area contributed by atoms with Crippen LogP contribution < -0.4 is 4.74 Å². The molecule has 0 radical (unpaired) electrons. The van der Waals surface area contributed by atoms with E-state index < -0.39 is 0 Å². The Morgan fingerprint density at radius 1 is 1.12 bits per heavy atom. The Bertz CT molecular complexity index is 693. The highest BCUT2D eigenvalue weighted by molar-refractivity contribution is 6.30. The van der Waals surface area contributed by atoms with Crippen LogP contribution in [0.2, 0.25) is 5.02 Å². The Kier molecular flexibility index (Phi) is 7.42. The second-order valence-corrected chi connectivity index (χ2v) is 5.74. The molecular weight excluding hydrogens is 320 g/mol. The standard InChI is InChI=1S/C21H21ClO2/c1-3-17(4-5-18-6-10-20(22)11-7-18)14-15-24-16-19-8-12-21(23-2)13-9-19/h3,6-13,17H,1,14-16H2,2H3/t17-/m1/s1. The van der Waals surface area contributed by atoms with Gasteiger partial charge in [-0.2, -0.15) is 0 Å². The highest BCUT2D eigenvalue weighted by atomic mass is 35.5. The summed E-state index contributed by atoms with van der Waals surface area (Å²) in [5, 5.41) is 0.716. The molecule has 0 aromatic heterocycles. The van der Waals surface area contributed by atoms with Crippen molar-refractivity contribution in [3.8, 4) is 17.6 Å². The first kappa shape index (κ1) is 18.1. The lowest BCUT2D eigenvalue weighted by Crippen LogP contribution is -2.01. The fraction of sp³-hybridized carbons (Fsp3) is 0.238. The molecule has 0 bridgehead atoms. The third-order valence-electron chi connectivity index (χ3n) is 3.53. The Balaban J connectivity index is 1.77. The molecule has 0 heterocycles. The van der Waals surface area contributed by atoms with Gasteiger partial charge in [-0.15, -0.1) is 6.58 Å². The second kappa shape index (κ2) is 9.82. The summed E-state index contributed by atoms with van der Waals surface area (Å²) in [6.45, 7) is 5.07. The molecule has 0 unspecified atom stereocenters. The van der Waals surface area contributed by atoms with E-state index in [0.29, 0.717) is 18.2 Å². The normalized spacial score (nSPS) is 11.2. The van der Waals surface area contributed by atoms with E-state index in [-0.39, 0.29) is 5.92 Å². The van der Waals surface area contributed by atoms with Gasteiger partial charge < -0.3 is 9.47 Å². The van der Waals surface area contributed by atoms with Gasteiger partial charge in [0.05, 0.1) is 13.7 Å². The molecule has 2 nitrogen and oxygen atoms in total. The quantitative estimate of drug-likeness (QED) is 0.396. The number of hydrogen-bond donors (Lipinski definition) is 0. The van der Waals surface area contributed by atoms with E-state index in [0.717, 1.165) is 23.3 Å². The van der Waals surface area contributed by atoms with Crippen molar-refractivity contribution in [2.45, 2.75) is 13.0 Å². The van der Waals surface area contributed by atoms with Gasteiger partial charge in [-0.3, -0.25) is 0 Å². The monoisotopic (exact) mass is 340 g/mol. The largest absolute Gasteiger partial charge is 0.497 e. The molecule has 124 valence electrons. The van der Waals surface area contributed by atoms with Gasteiger partial charge in [0.25, 0.3) is 0 Å². The van der Waals surface area contributed by atoms with Gasteiger partial charge >= 0.3 is 0 Å². The van der Waals surface area contributed by atoms with Crippen molar-refractivity contribution in [2.75, 3.05) is 13.7 Å². The van der Waals surface area contributed by atoms with Crippen molar-refractivity contribution < 1.29 is 9.47 Å². The summed E-state index contributed by atoms with van der Waals surface area (Å²) in [5.74, 6) is 7.31. The van der Waals surface area contributed by atoms with E-state index in [1.54, 1.807) is 7.11 Å². The summed E-state index contributed by atoms with van der Waals surface area (Å²) < 4.78 is 10.9. The zero-order valence-electron chi connectivity index (χ0n) is 13.8. The zero-order chi connectivity index (χ0) is 17.2. The summed E-state index contributed by atoms with van der Waals surface area (Å²) in [5.41, 5.74) is 2.07. The van der Waals surface area contributed by atoms with E-state index in [1.807, 2.05) is 54.6 Å². The first-order valence-corrected chi connectivity index (χ1v) is 8.19. The number of halogens is 1. The number of rotatable bonds is 7. The molecule has 0 aliphatic carbocycles. The molecule has 1 atom stereocenters. The first-order chi connectivity index (χ1) is 11.7. The average Bonchev–Trinajstić information content (AvgIpc) is 2.63. The molecule has 0 amide bonds. The summed E-state index contributed by atoms with van der Waals surface area (Å²) >= 11 is 5.87. The van der Waals surface area contributed by atoms with Crippen molar-refractivity contribution in [1.29, 1.82) is 0 Å². The maximum atomic E-state index is 5.87. The van der Waals surface area contributed by atoms with Crippen LogP contribution in [0.5, 0.6) is 5.75 Å². The van der Waals surface area contributed by atoms with Crippen molar-refractivity contribution >= 4 is 11.6 Å². The summed E-state index contributed by atoms with van der Waals surface area (Å²) in [4.78, 5) is 0. The van der Waals surface area contributed by atoms with Crippen LogP contribution >= 0.6 is 11.6 Å². The summed E-state index contributed by atoms with van der Waals surface area (Å²) in [6.07, 6.45) is 2.68. The van der Waals surface area contributed by atoms with Gasteiger partial charge in [-0.1, -0.05) is 41.7 Å². The predicted molar refractivity (Wildman–Crippen MR) is 99.3 cm³/mol. The molecule has 0 saturated carbocycles. The highest BCUT2D eigenvalue weighted by Crippen LogP contribution is 2.13. The van der Waals surface area contributed by atoms with Gasteiger partial charge in [-0.05, 0) is 48.4 Å². The number of methoxy groups -OCH3 is 1. The Morgan fingerprint density at radius 2 is 1.83 bits per heavy atom. The summed E-state index contributed by atoms with van der Waals surface area (Å²) in [6, 6.07) is 15.4. The van der Waals surface area contributed by atoms with Crippen LogP contribution in [0.3, 0.4) is 0 Å². The maximum Gasteiger partial charge on any atom is 0.118 e. The number of benzene rings is 2. The van der Waals surface area contributed by atoms with Crippen LogP contribution in [-0.4, -0.2) is 13.7 Å². The van der Waals surface area contributed by atoms with Crippen LogP contribution in [-0.2, 0) is 11.3 Å². The average molecular weight is 341 g/mol. The minimum Gasteiger partial charge on any atom is -0.497 e. The molecule has 2 aromatic rings. The van der Waals surface area contributed by atoms with Crippen LogP contribution in [0.4, 0.5) is 0 Å². The predicted octanol–water partition coefficient (Wildman–Crippen LogP) is 5.11. The molecule has 2 aromatic carbocycles. The minimum absolute atomic E-state index is 0.108. The number of ether oxygens (including phenoxy) is 2. The molecule has 0 N–H and O–H groups in total. The molecule has 2 rings (SSSR count). The Morgan fingerprint density at radius 3 is 2.46 bits per heavy atom. The third kappa shape index (κ3) is 6.12. The van der Waals surface area contributed by atoms with Crippen LogP contribution in [0.25, 0.3) is 0 Å². The van der Waals surface area contributed by atoms with Gasteiger partial charge in [0, 0.05) is 23.1 Å². The molecule has 0 fully saturated rings. The van der Waals surface area contributed by atoms with Crippen molar-refractivity contribution in [3.05, 3.63) is 77.3 Å². The van der Waals surface area contributed by atoms with E-state index >= 15 is 0 Å². The Hall–Kier alpha value is -2.21. The molecule has 0 aliphatic heterocycles. The lowest BCUT2D eigenvalue weighted by Gasteiger charge is -2.07. The van der Waals surface area contributed by atoms with Crippen molar-refractivity contribution in [1.82, 2.24) is 0 Å². The van der Waals surface area contributed by atoms with E-state index in [1.165, 1.54) is 0 Å². The van der Waals surface area contributed by atoms with Gasteiger partial charge in [0.1, 0.15) is 5.75 Å². The van der Waals surface area contributed by atoms with Crippen molar-refractivity contribution in [3.63, 3.8) is 0 Å². The molecule has 0 spiro atoms. The van der Waals surface area contributed by atoms with Crippen LogP contribution in [0.15, 0.2) is 61.2 Å².